The highest BCUT2D eigenvalue weighted by molar-refractivity contribution is 5.12. The van der Waals surface area contributed by atoms with Crippen molar-refractivity contribution in [3.8, 4) is 12.3 Å². The molecule has 0 aromatic carbocycles. The summed E-state index contributed by atoms with van der Waals surface area (Å²) in [4.78, 5) is 0. The molecule has 64 valence electrons. The molecule has 0 aliphatic rings. The SMILES string of the molecule is C#CCCn1ccc(C(C)O)c1. The van der Waals surface area contributed by atoms with Crippen LogP contribution in [-0.2, 0) is 6.54 Å². The lowest BCUT2D eigenvalue weighted by Gasteiger charge is -1.99. The molecule has 1 rings (SSSR count). The molecule has 1 unspecified atom stereocenters. The van der Waals surface area contributed by atoms with Crippen LogP contribution >= 0.6 is 0 Å². The van der Waals surface area contributed by atoms with Crippen LogP contribution in [0, 0.1) is 12.3 Å². The van der Waals surface area contributed by atoms with E-state index in [4.69, 9.17) is 6.42 Å². The fraction of sp³-hybridized carbons (Fsp3) is 0.400. The van der Waals surface area contributed by atoms with Gasteiger partial charge in [-0.25, -0.2) is 0 Å². The van der Waals surface area contributed by atoms with Gasteiger partial charge in [-0.2, -0.15) is 0 Å². The van der Waals surface area contributed by atoms with Gasteiger partial charge in [-0.1, -0.05) is 0 Å². The van der Waals surface area contributed by atoms with Crippen LogP contribution in [0.15, 0.2) is 18.5 Å². The van der Waals surface area contributed by atoms with E-state index in [0.717, 1.165) is 18.5 Å². The van der Waals surface area contributed by atoms with E-state index in [1.807, 2.05) is 23.0 Å². The van der Waals surface area contributed by atoms with Gasteiger partial charge in [-0.3, -0.25) is 0 Å². The molecule has 0 fully saturated rings. The summed E-state index contributed by atoms with van der Waals surface area (Å²) in [6, 6.07) is 1.90. The summed E-state index contributed by atoms with van der Waals surface area (Å²) in [5, 5.41) is 9.21. The lowest BCUT2D eigenvalue weighted by atomic mass is 10.2. The molecule has 0 aliphatic heterocycles. The van der Waals surface area contributed by atoms with E-state index in [1.54, 1.807) is 6.92 Å². The fourth-order valence-electron chi connectivity index (χ4n) is 1.04. The van der Waals surface area contributed by atoms with Gasteiger partial charge in [0, 0.05) is 25.4 Å². The summed E-state index contributed by atoms with van der Waals surface area (Å²) < 4.78 is 1.99. The van der Waals surface area contributed by atoms with Crippen molar-refractivity contribution >= 4 is 0 Å². The van der Waals surface area contributed by atoms with Crippen LogP contribution in [-0.4, -0.2) is 9.67 Å². The highest BCUT2D eigenvalue weighted by atomic mass is 16.3. The molecule has 1 heterocycles. The topological polar surface area (TPSA) is 25.2 Å². The Morgan fingerprint density at radius 1 is 1.75 bits per heavy atom. The zero-order chi connectivity index (χ0) is 8.97. The van der Waals surface area contributed by atoms with Crippen molar-refractivity contribution in [2.75, 3.05) is 0 Å². The fourth-order valence-corrected chi connectivity index (χ4v) is 1.04. The maximum atomic E-state index is 9.21. The molecular weight excluding hydrogens is 150 g/mol. The second kappa shape index (κ2) is 3.99. The first-order chi connectivity index (χ1) is 5.74. The predicted molar refractivity (Wildman–Crippen MR) is 48.5 cm³/mol. The van der Waals surface area contributed by atoms with E-state index < -0.39 is 6.10 Å². The summed E-state index contributed by atoms with van der Waals surface area (Å²) in [5.74, 6) is 2.57. The number of aryl methyl sites for hydroxylation is 1. The molecule has 0 saturated carbocycles. The number of nitrogens with zero attached hydrogens (tertiary/aromatic N) is 1. The Labute approximate surface area is 72.8 Å². The van der Waals surface area contributed by atoms with E-state index in [0.29, 0.717) is 0 Å². The minimum atomic E-state index is -0.392. The van der Waals surface area contributed by atoms with Crippen molar-refractivity contribution in [2.45, 2.75) is 26.0 Å². The molecule has 2 nitrogen and oxygen atoms in total. The van der Waals surface area contributed by atoms with Gasteiger partial charge in [-0.05, 0) is 18.6 Å². The van der Waals surface area contributed by atoms with Gasteiger partial charge in [-0.15, -0.1) is 12.3 Å². The van der Waals surface area contributed by atoms with Crippen LogP contribution in [0.2, 0.25) is 0 Å². The van der Waals surface area contributed by atoms with Gasteiger partial charge >= 0.3 is 0 Å². The van der Waals surface area contributed by atoms with Crippen molar-refractivity contribution in [1.82, 2.24) is 4.57 Å². The minimum Gasteiger partial charge on any atom is -0.389 e. The maximum absolute atomic E-state index is 9.21. The van der Waals surface area contributed by atoms with E-state index in [9.17, 15) is 5.11 Å². The average Bonchev–Trinajstić information content (AvgIpc) is 2.48. The van der Waals surface area contributed by atoms with E-state index >= 15 is 0 Å². The zero-order valence-corrected chi connectivity index (χ0v) is 7.20. The van der Waals surface area contributed by atoms with Crippen molar-refractivity contribution in [3.05, 3.63) is 24.0 Å². The van der Waals surface area contributed by atoms with Gasteiger partial charge in [0.05, 0.1) is 6.10 Å². The second-order valence-corrected chi connectivity index (χ2v) is 2.81. The lowest BCUT2D eigenvalue weighted by Crippen LogP contribution is -1.93. The number of hydrogen-bond acceptors (Lipinski definition) is 1. The molecule has 1 aromatic rings. The largest absolute Gasteiger partial charge is 0.389 e. The molecule has 1 aromatic heterocycles. The predicted octanol–water partition coefficient (Wildman–Crippen LogP) is 1.56. The molecule has 0 aliphatic carbocycles. The van der Waals surface area contributed by atoms with Crippen molar-refractivity contribution in [2.24, 2.45) is 0 Å². The molecule has 0 radical (unpaired) electrons. The first kappa shape index (κ1) is 8.89. The molecule has 1 N–H and O–H groups in total. The van der Waals surface area contributed by atoms with Crippen LogP contribution in [0.25, 0.3) is 0 Å². The Kier molecular flexibility index (Phi) is 2.95. The average molecular weight is 163 g/mol. The second-order valence-electron chi connectivity index (χ2n) is 2.81. The quantitative estimate of drug-likeness (QED) is 0.672. The number of aliphatic hydroxyl groups excluding tert-OH is 1. The molecule has 1 atom stereocenters. The summed E-state index contributed by atoms with van der Waals surface area (Å²) in [6.07, 6.45) is 9.32. The van der Waals surface area contributed by atoms with Crippen LogP contribution < -0.4 is 0 Å². The van der Waals surface area contributed by atoms with Crippen LogP contribution in [0.1, 0.15) is 25.0 Å². The Morgan fingerprint density at radius 3 is 3.00 bits per heavy atom. The molecular formula is C10H13NO. The van der Waals surface area contributed by atoms with Crippen LogP contribution in [0.5, 0.6) is 0 Å². The third kappa shape index (κ3) is 2.14. The Hall–Kier alpha value is -1.20. The maximum Gasteiger partial charge on any atom is 0.0776 e. The summed E-state index contributed by atoms with van der Waals surface area (Å²) in [5.41, 5.74) is 0.937. The number of hydrogen-bond donors (Lipinski definition) is 1. The van der Waals surface area contributed by atoms with Gasteiger partial charge in [0.1, 0.15) is 0 Å². The van der Waals surface area contributed by atoms with Crippen LogP contribution in [0.3, 0.4) is 0 Å². The number of aromatic nitrogens is 1. The van der Waals surface area contributed by atoms with Crippen molar-refractivity contribution < 1.29 is 5.11 Å². The van der Waals surface area contributed by atoms with E-state index in [-0.39, 0.29) is 0 Å². The van der Waals surface area contributed by atoms with Crippen molar-refractivity contribution in [3.63, 3.8) is 0 Å². The Bertz CT molecular complexity index is 280. The summed E-state index contributed by atoms with van der Waals surface area (Å²) in [6.45, 7) is 2.57. The van der Waals surface area contributed by atoms with Gasteiger partial charge in [0.2, 0.25) is 0 Å². The third-order valence-electron chi connectivity index (χ3n) is 1.77. The standard InChI is InChI=1S/C10H13NO/c1-3-4-6-11-7-5-10(8-11)9(2)12/h1,5,7-9,12H,4,6H2,2H3. The highest BCUT2D eigenvalue weighted by Gasteiger charge is 2.01. The molecule has 0 spiro atoms. The van der Waals surface area contributed by atoms with E-state index in [1.165, 1.54) is 0 Å². The molecule has 0 saturated heterocycles. The third-order valence-corrected chi connectivity index (χ3v) is 1.77. The number of aliphatic hydroxyl groups is 1. The first-order valence-corrected chi connectivity index (χ1v) is 4.01. The first-order valence-electron chi connectivity index (χ1n) is 4.01. The minimum absolute atomic E-state index is 0.392. The normalized spacial score (nSPS) is 12.4. The van der Waals surface area contributed by atoms with Gasteiger partial charge < -0.3 is 9.67 Å². The highest BCUT2D eigenvalue weighted by Crippen LogP contribution is 2.11. The smallest absolute Gasteiger partial charge is 0.0776 e. The lowest BCUT2D eigenvalue weighted by molar-refractivity contribution is 0.199. The number of terminal acetylenes is 1. The molecule has 0 amide bonds. The Balaban J connectivity index is 2.59. The van der Waals surface area contributed by atoms with E-state index in [2.05, 4.69) is 5.92 Å². The van der Waals surface area contributed by atoms with Crippen LogP contribution in [0.4, 0.5) is 0 Å². The molecule has 12 heavy (non-hydrogen) atoms. The molecule has 2 heteroatoms. The van der Waals surface area contributed by atoms with Gasteiger partial charge in [0.25, 0.3) is 0 Å². The summed E-state index contributed by atoms with van der Waals surface area (Å²) in [7, 11) is 0. The summed E-state index contributed by atoms with van der Waals surface area (Å²) >= 11 is 0. The number of rotatable bonds is 3. The monoisotopic (exact) mass is 163 g/mol. The van der Waals surface area contributed by atoms with Crippen molar-refractivity contribution in [1.29, 1.82) is 0 Å². The molecule has 0 bridgehead atoms. The van der Waals surface area contributed by atoms with Gasteiger partial charge in [0.15, 0.2) is 0 Å². The zero-order valence-electron chi connectivity index (χ0n) is 7.20. The Morgan fingerprint density at radius 2 is 2.50 bits per heavy atom.